The van der Waals surface area contributed by atoms with E-state index in [1.54, 1.807) is 0 Å². The lowest BCUT2D eigenvalue weighted by molar-refractivity contribution is 0.474. The van der Waals surface area contributed by atoms with Crippen molar-refractivity contribution in [2.24, 2.45) is 0 Å². The van der Waals surface area contributed by atoms with Gasteiger partial charge in [0, 0.05) is 0 Å². The van der Waals surface area contributed by atoms with Crippen LogP contribution in [0.1, 0.15) is 100 Å². The number of rotatable bonds is 14. The maximum absolute atomic E-state index is 10.8. The number of hydrogen-bond acceptors (Lipinski definition) is 2. The lowest BCUT2D eigenvalue weighted by atomic mass is 9.87. The van der Waals surface area contributed by atoms with Gasteiger partial charge in [-0.05, 0) is 55.7 Å². The molecule has 26 heavy (non-hydrogen) atoms. The molecule has 0 aromatic heterocycles. The van der Waals surface area contributed by atoms with Crippen molar-refractivity contribution in [2.45, 2.75) is 97.3 Å². The molecule has 0 aliphatic carbocycles. The summed E-state index contributed by atoms with van der Waals surface area (Å²) in [5.41, 5.74) is 4.17. The Morgan fingerprint density at radius 1 is 0.846 bits per heavy atom. The molecular formula is C22H38O3S. The Balaban J connectivity index is 2.48. The second-order valence-corrected chi connectivity index (χ2v) is 9.30. The van der Waals surface area contributed by atoms with Crippen LogP contribution in [0.25, 0.3) is 0 Å². The monoisotopic (exact) mass is 382 g/mol. The van der Waals surface area contributed by atoms with Crippen molar-refractivity contribution in [1.29, 1.82) is 0 Å². The zero-order chi connectivity index (χ0) is 19.4. The Morgan fingerprint density at radius 3 is 1.96 bits per heavy atom. The molecule has 1 rings (SSSR count). The van der Waals surface area contributed by atoms with Gasteiger partial charge in [-0.3, -0.25) is 4.55 Å². The molecule has 1 atom stereocenters. The third kappa shape index (κ3) is 10.3. The van der Waals surface area contributed by atoms with E-state index < -0.39 is 10.1 Å². The number of benzene rings is 1. The predicted molar refractivity (Wildman–Crippen MR) is 112 cm³/mol. The SMILES string of the molecule is CCCCCCCC(CCCCCCS(=O)(=O)O)c1ccc(C)c(C)c1. The average molecular weight is 383 g/mol. The predicted octanol–water partition coefficient (Wildman–Crippen LogP) is 6.59. The van der Waals surface area contributed by atoms with E-state index in [0.29, 0.717) is 12.3 Å². The summed E-state index contributed by atoms with van der Waals surface area (Å²) < 4.78 is 30.3. The molecular weight excluding hydrogens is 344 g/mol. The highest BCUT2D eigenvalue weighted by atomic mass is 32.2. The van der Waals surface area contributed by atoms with Gasteiger partial charge in [0.2, 0.25) is 0 Å². The molecule has 4 heteroatoms. The average Bonchev–Trinajstić information content (AvgIpc) is 2.57. The summed E-state index contributed by atoms with van der Waals surface area (Å²) in [5.74, 6) is 0.503. The summed E-state index contributed by atoms with van der Waals surface area (Å²) in [5, 5.41) is 0. The standard InChI is InChI=1S/C22H38O3S/c1-4-5-6-7-10-13-21(22-16-15-19(2)20(3)18-22)14-11-8-9-12-17-26(23,24)25/h15-16,18,21H,4-14,17H2,1-3H3,(H,23,24,25). The van der Waals surface area contributed by atoms with Crippen molar-refractivity contribution >= 4 is 10.1 Å². The summed E-state index contributed by atoms with van der Waals surface area (Å²) in [7, 11) is -3.80. The van der Waals surface area contributed by atoms with Gasteiger partial charge in [0.05, 0.1) is 5.75 Å². The quantitative estimate of drug-likeness (QED) is 0.292. The lowest BCUT2D eigenvalue weighted by Crippen LogP contribution is -2.04. The molecule has 1 aromatic rings. The Kier molecular flexibility index (Phi) is 11.1. The second-order valence-electron chi connectivity index (χ2n) is 7.73. The zero-order valence-corrected chi connectivity index (χ0v) is 17.8. The van der Waals surface area contributed by atoms with Gasteiger partial charge in [-0.2, -0.15) is 8.42 Å². The van der Waals surface area contributed by atoms with Crippen LogP contribution in [0, 0.1) is 13.8 Å². The van der Waals surface area contributed by atoms with Crippen LogP contribution in [0.3, 0.4) is 0 Å². The van der Waals surface area contributed by atoms with E-state index in [2.05, 4.69) is 39.0 Å². The van der Waals surface area contributed by atoms with Crippen LogP contribution in [0.4, 0.5) is 0 Å². The molecule has 3 nitrogen and oxygen atoms in total. The highest BCUT2D eigenvalue weighted by molar-refractivity contribution is 7.85. The van der Waals surface area contributed by atoms with Gasteiger partial charge in [0.1, 0.15) is 0 Å². The third-order valence-corrected chi connectivity index (χ3v) is 6.17. The molecule has 0 amide bonds. The molecule has 0 radical (unpaired) electrons. The molecule has 0 fully saturated rings. The molecule has 0 bridgehead atoms. The van der Waals surface area contributed by atoms with E-state index in [1.807, 2.05) is 0 Å². The molecule has 0 saturated heterocycles. The van der Waals surface area contributed by atoms with Crippen LogP contribution in [-0.2, 0) is 10.1 Å². The normalized spacial score (nSPS) is 13.1. The molecule has 0 aliphatic rings. The highest BCUT2D eigenvalue weighted by Gasteiger charge is 2.12. The summed E-state index contributed by atoms with van der Waals surface area (Å²) in [6.07, 6.45) is 12.6. The van der Waals surface area contributed by atoms with Gasteiger partial charge in [0.15, 0.2) is 0 Å². The summed E-state index contributed by atoms with van der Waals surface area (Å²) in [6.45, 7) is 6.60. The minimum atomic E-state index is -3.80. The van der Waals surface area contributed by atoms with Gasteiger partial charge in [0.25, 0.3) is 10.1 Å². The molecule has 1 unspecified atom stereocenters. The van der Waals surface area contributed by atoms with E-state index >= 15 is 0 Å². The lowest BCUT2D eigenvalue weighted by Gasteiger charge is -2.19. The van der Waals surface area contributed by atoms with Gasteiger partial charge in [-0.25, -0.2) is 0 Å². The van der Waals surface area contributed by atoms with E-state index in [-0.39, 0.29) is 5.75 Å². The second kappa shape index (κ2) is 12.5. The molecule has 0 heterocycles. The van der Waals surface area contributed by atoms with Gasteiger partial charge in [-0.1, -0.05) is 76.5 Å². The van der Waals surface area contributed by atoms with Crippen molar-refractivity contribution in [3.05, 3.63) is 34.9 Å². The minimum absolute atomic E-state index is 0.106. The Labute approximate surface area is 161 Å². The van der Waals surface area contributed by atoms with Crippen LogP contribution >= 0.6 is 0 Å². The fraction of sp³-hybridized carbons (Fsp3) is 0.727. The topological polar surface area (TPSA) is 54.4 Å². The van der Waals surface area contributed by atoms with Crippen molar-refractivity contribution in [3.63, 3.8) is 0 Å². The summed E-state index contributed by atoms with van der Waals surface area (Å²) in [6, 6.07) is 6.88. The summed E-state index contributed by atoms with van der Waals surface area (Å²) in [4.78, 5) is 0. The van der Waals surface area contributed by atoms with Crippen LogP contribution in [-0.4, -0.2) is 18.7 Å². The van der Waals surface area contributed by atoms with Gasteiger partial charge >= 0.3 is 0 Å². The summed E-state index contributed by atoms with van der Waals surface area (Å²) >= 11 is 0. The minimum Gasteiger partial charge on any atom is -0.286 e. The van der Waals surface area contributed by atoms with Crippen LogP contribution in [0.5, 0.6) is 0 Å². The first-order valence-corrected chi connectivity index (χ1v) is 12.0. The Morgan fingerprint density at radius 2 is 1.42 bits per heavy atom. The maximum atomic E-state index is 10.8. The molecule has 1 N–H and O–H groups in total. The van der Waals surface area contributed by atoms with Crippen molar-refractivity contribution in [3.8, 4) is 0 Å². The van der Waals surface area contributed by atoms with E-state index in [9.17, 15) is 8.42 Å². The van der Waals surface area contributed by atoms with E-state index in [0.717, 1.165) is 19.3 Å². The Bertz CT molecular complexity index is 608. The smallest absolute Gasteiger partial charge is 0.264 e. The number of unbranched alkanes of at least 4 members (excludes halogenated alkanes) is 7. The largest absolute Gasteiger partial charge is 0.286 e. The third-order valence-electron chi connectivity index (χ3n) is 5.36. The van der Waals surface area contributed by atoms with Crippen molar-refractivity contribution in [2.75, 3.05) is 5.75 Å². The molecule has 0 spiro atoms. The van der Waals surface area contributed by atoms with Crippen LogP contribution < -0.4 is 0 Å². The van der Waals surface area contributed by atoms with Gasteiger partial charge < -0.3 is 0 Å². The van der Waals surface area contributed by atoms with Crippen molar-refractivity contribution < 1.29 is 13.0 Å². The molecule has 150 valence electrons. The first-order valence-electron chi connectivity index (χ1n) is 10.4. The fourth-order valence-electron chi connectivity index (χ4n) is 3.52. The highest BCUT2D eigenvalue weighted by Crippen LogP contribution is 2.30. The molecule has 0 saturated carbocycles. The van der Waals surface area contributed by atoms with Crippen LogP contribution in [0.2, 0.25) is 0 Å². The maximum Gasteiger partial charge on any atom is 0.264 e. The first kappa shape index (κ1) is 23.2. The molecule has 0 aliphatic heterocycles. The van der Waals surface area contributed by atoms with E-state index in [4.69, 9.17) is 4.55 Å². The fourth-order valence-corrected chi connectivity index (χ4v) is 4.09. The van der Waals surface area contributed by atoms with E-state index in [1.165, 1.54) is 61.6 Å². The number of aryl methyl sites for hydroxylation is 2. The van der Waals surface area contributed by atoms with Crippen LogP contribution in [0.15, 0.2) is 18.2 Å². The van der Waals surface area contributed by atoms with Gasteiger partial charge in [-0.15, -0.1) is 0 Å². The Hall–Kier alpha value is -0.870. The first-order chi connectivity index (χ1) is 12.3. The van der Waals surface area contributed by atoms with Crippen molar-refractivity contribution in [1.82, 2.24) is 0 Å². The molecule has 1 aromatic carbocycles. The number of hydrogen-bond donors (Lipinski definition) is 1. The zero-order valence-electron chi connectivity index (χ0n) is 17.0.